The summed E-state index contributed by atoms with van der Waals surface area (Å²) < 4.78 is 5.19. The predicted molar refractivity (Wildman–Crippen MR) is 76.5 cm³/mol. The molecule has 2 aromatic carbocycles. The molecule has 0 aliphatic carbocycles. The number of nitrogen functional groups attached to an aromatic ring is 1. The summed E-state index contributed by atoms with van der Waals surface area (Å²) in [6.45, 7) is 1.95. The summed E-state index contributed by atoms with van der Waals surface area (Å²) in [7, 11) is 1.54. The van der Waals surface area contributed by atoms with E-state index < -0.39 is 0 Å². The van der Waals surface area contributed by atoms with Crippen LogP contribution in [0.4, 0.5) is 11.4 Å². The first-order valence-electron chi connectivity index (χ1n) is 5.91. The summed E-state index contributed by atoms with van der Waals surface area (Å²) in [6, 6.07) is 12.5. The number of ether oxygens (including phenoxy) is 1. The van der Waals surface area contributed by atoms with Gasteiger partial charge in [0.25, 0.3) is 5.91 Å². The van der Waals surface area contributed by atoms with Gasteiger partial charge in [0.05, 0.1) is 12.8 Å². The first-order valence-corrected chi connectivity index (χ1v) is 5.91. The van der Waals surface area contributed by atoms with Crippen LogP contribution in [0.15, 0.2) is 42.5 Å². The maximum atomic E-state index is 12.1. The Morgan fingerprint density at radius 2 is 2.00 bits per heavy atom. The van der Waals surface area contributed by atoms with Crippen LogP contribution in [0.5, 0.6) is 5.75 Å². The molecule has 98 valence electrons. The first kappa shape index (κ1) is 13.0. The number of rotatable bonds is 3. The van der Waals surface area contributed by atoms with Crippen molar-refractivity contribution in [3.05, 3.63) is 53.6 Å². The topological polar surface area (TPSA) is 64.3 Å². The summed E-state index contributed by atoms with van der Waals surface area (Å²) in [5, 5.41) is 2.81. The molecule has 0 aromatic heterocycles. The van der Waals surface area contributed by atoms with Gasteiger partial charge in [-0.15, -0.1) is 0 Å². The van der Waals surface area contributed by atoms with Crippen molar-refractivity contribution in [3.8, 4) is 5.75 Å². The fourth-order valence-electron chi connectivity index (χ4n) is 1.79. The number of amides is 1. The summed E-state index contributed by atoms with van der Waals surface area (Å²) in [4.78, 5) is 12.1. The first-order chi connectivity index (χ1) is 9.10. The maximum absolute atomic E-state index is 12.1. The molecule has 0 fully saturated rings. The van der Waals surface area contributed by atoms with E-state index in [9.17, 15) is 4.79 Å². The number of anilines is 2. The molecule has 19 heavy (non-hydrogen) atoms. The van der Waals surface area contributed by atoms with Crippen LogP contribution < -0.4 is 15.8 Å². The van der Waals surface area contributed by atoms with E-state index in [1.165, 1.54) is 7.11 Å². The number of methoxy groups -OCH3 is 1. The molecular formula is C15H16N2O2. The molecule has 4 nitrogen and oxygen atoms in total. The van der Waals surface area contributed by atoms with Crippen LogP contribution in [-0.4, -0.2) is 13.0 Å². The summed E-state index contributed by atoms with van der Waals surface area (Å²) >= 11 is 0. The van der Waals surface area contributed by atoms with Crippen molar-refractivity contribution in [2.45, 2.75) is 6.92 Å². The monoisotopic (exact) mass is 256 g/mol. The molecule has 0 aliphatic rings. The molecule has 3 N–H and O–H groups in total. The quantitative estimate of drug-likeness (QED) is 0.830. The Bertz CT molecular complexity index is 609. The van der Waals surface area contributed by atoms with Crippen molar-refractivity contribution in [1.82, 2.24) is 0 Å². The normalized spacial score (nSPS) is 10.0. The van der Waals surface area contributed by atoms with Gasteiger partial charge in [0, 0.05) is 17.3 Å². The number of carbonyl (C=O) groups is 1. The minimum Gasteiger partial charge on any atom is -0.494 e. The van der Waals surface area contributed by atoms with Gasteiger partial charge in [0.2, 0.25) is 0 Å². The lowest BCUT2D eigenvalue weighted by Gasteiger charge is -2.11. The number of aryl methyl sites for hydroxylation is 1. The molecule has 4 heteroatoms. The minimum absolute atomic E-state index is 0.174. The van der Waals surface area contributed by atoms with E-state index in [1.54, 1.807) is 24.3 Å². The number of carbonyl (C=O) groups excluding carboxylic acids is 1. The maximum Gasteiger partial charge on any atom is 0.255 e. The third kappa shape index (κ3) is 3.04. The van der Waals surface area contributed by atoms with Gasteiger partial charge >= 0.3 is 0 Å². The lowest BCUT2D eigenvalue weighted by Crippen LogP contribution is -2.12. The highest BCUT2D eigenvalue weighted by Crippen LogP contribution is 2.27. The van der Waals surface area contributed by atoms with Crippen molar-refractivity contribution >= 4 is 17.3 Å². The van der Waals surface area contributed by atoms with Gasteiger partial charge in [0.15, 0.2) is 0 Å². The molecule has 0 radical (unpaired) electrons. The fourth-order valence-corrected chi connectivity index (χ4v) is 1.79. The zero-order valence-electron chi connectivity index (χ0n) is 10.9. The SMILES string of the molecule is COc1cc(N)ccc1NC(=O)c1cccc(C)c1. The Morgan fingerprint density at radius 1 is 1.21 bits per heavy atom. The highest BCUT2D eigenvalue weighted by Gasteiger charge is 2.09. The second kappa shape index (κ2) is 5.44. The van der Waals surface area contributed by atoms with Gasteiger partial charge in [-0.25, -0.2) is 0 Å². The molecule has 0 saturated carbocycles. The van der Waals surface area contributed by atoms with Gasteiger partial charge < -0.3 is 15.8 Å². The van der Waals surface area contributed by atoms with Crippen molar-refractivity contribution in [2.75, 3.05) is 18.2 Å². The standard InChI is InChI=1S/C15H16N2O2/c1-10-4-3-5-11(8-10)15(18)17-13-7-6-12(16)9-14(13)19-2/h3-9H,16H2,1-2H3,(H,17,18). The zero-order valence-corrected chi connectivity index (χ0v) is 10.9. The second-order valence-electron chi connectivity index (χ2n) is 4.28. The Hall–Kier alpha value is -2.49. The van der Waals surface area contributed by atoms with Crippen molar-refractivity contribution in [3.63, 3.8) is 0 Å². The van der Waals surface area contributed by atoms with E-state index in [0.717, 1.165) is 5.56 Å². The van der Waals surface area contributed by atoms with Gasteiger partial charge in [-0.2, -0.15) is 0 Å². The van der Waals surface area contributed by atoms with Crippen LogP contribution in [0, 0.1) is 6.92 Å². The molecule has 2 rings (SSSR count). The van der Waals surface area contributed by atoms with E-state index in [4.69, 9.17) is 10.5 Å². The molecule has 1 amide bonds. The highest BCUT2D eigenvalue weighted by molar-refractivity contribution is 6.05. The van der Waals surface area contributed by atoms with Crippen molar-refractivity contribution in [1.29, 1.82) is 0 Å². The molecule has 0 unspecified atom stereocenters. The third-order valence-electron chi connectivity index (χ3n) is 2.75. The van der Waals surface area contributed by atoms with Crippen LogP contribution >= 0.6 is 0 Å². The molecular weight excluding hydrogens is 240 g/mol. The largest absolute Gasteiger partial charge is 0.494 e. The molecule has 0 aliphatic heterocycles. The lowest BCUT2D eigenvalue weighted by atomic mass is 10.1. The Morgan fingerprint density at radius 3 is 2.68 bits per heavy atom. The van der Waals surface area contributed by atoms with Crippen LogP contribution in [0.3, 0.4) is 0 Å². The van der Waals surface area contributed by atoms with Crippen LogP contribution in [0.2, 0.25) is 0 Å². The average Bonchev–Trinajstić information content (AvgIpc) is 2.40. The van der Waals surface area contributed by atoms with Gasteiger partial charge in [-0.05, 0) is 31.2 Å². The van der Waals surface area contributed by atoms with Crippen LogP contribution in [0.25, 0.3) is 0 Å². The molecule has 0 heterocycles. The smallest absolute Gasteiger partial charge is 0.255 e. The lowest BCUT2D eigenvalue weighted by molar-refractivity contribution is 0.102. The summed E-state index contributed by atoms with van der Waals surface area (Å²) in [5.41, 5.74) is 8.51. The van der Waals surface area contributed by atoms with Crippen molar-refractivity contribution in [2.24, 2.45) is 0 Å². The van der Waals surface area contributed by atoms with E-state index in [-0.39, 0.29) is 5.91 Å². The molecule has 0 saturated heterocycles. The minimum atomic E-state index is -0.174. The summed E-state index contributed by atoms with van der Waals surface area (Å²) in [5.74, 6) is 0.368. The van der Waals surface area contributed by atoms with E-state index in [1.807, 2.05) is 25.1 Å². The Balaban J connectivity index is 2.24. The molecule has 0 spiro atoms. The second-order valence-corrected chi connectivity index (χ2v) is 4.28. The van der Waals surface area contributed by atoms with Gasteiger partial charge in [-0.3, -0.25) is 4.79 Å². The van der Waals surface area contributed by atoms with Crippen LogP contribution in [0.1, 0.15) is 15.9 Å². The molecule has 0 bridgehead atoms. The van der Waals surface area contributed by atoms with E-state index in [0.29, 0.717) is 22.7 Å². The number of nitrogens with two attached hydrogens (primary N) is 1. The van der Waals surface area contributed by atoms with Gasteiger partial charge in [0.1, 0.15) is 5.75 Å². The number of hydrogen-bond acceptors (Lipinski definition) is 3. The zero-order chi connectivity index (χ0) is 13.8. The number of benzene rings is 2. The highest BCUT2D eigenvalue weighted by atomic mass is 16.5. The predicted octanol–water partition coefficient (Wildman–Crippen LogP) is 2.84. The summed E-state index contributed by atoms with van der Waals surface area (Å²) in [6.07, 6.45) is 0. The van der Waals surface area contributed by atoms with Gasteiger partial charge in [-0.1, -0.05) is 17.7 Å². The van der Waals surface area contributed by atoms with Crippen LogP contribution in [-0.2, 0) is 0 Å². The van der Waals surface area contributed by atoms with E-state index in [2.05, 4.69) is 5.32 Å². The third-order valence-corrected chi connectivity index (χ3v) is 2.75. The molecule has 2 aromatic rings. The number of hydrogen-bond donors (Lipinski definition) is 2. The van der Waals surface area contributed by atoms with E-state index >= 15 is 0 Å². The van der Waals surface area contributed by atoms with Crippen molar-refractivity contribution < 1.29 is 9.53 Å². The molecule has 0 atom stereocenters. The number of nitrogens with one attached hydrogen (secondary N) is 1. The average molecular weight is 256 g/mol. The Kier molecular flexibility index (Phi) is 3.71. The Labute approximate surface area is 112 Å². The fraction of sp³-hybridized carbons (Fsp3) is 0.133.